The van der Waals surface area contributed by atoms with Gasteiger partial charge in [0, 0.05) is 26.1 Å². The molecule has 0 unspecified atom stereocenters. The van der Waals surface area contributed by atoms with Crippen molar-refractivity contribution in [3.05, 3.63) is 71.2 Å². The van der Waals surface area contributed by atoms with E-state index in [1.165, 1.54) is 12.1 Å². The average molecular weight is 463 g/mol. The SMILES string of the molecule is COc1ccccc1Oc1nc(N2CCCC2)nc2c1CN(C(=O)Cc1ccc(F)cc1)CC2. The molecule has 2 aliphatic heterocycles. The maximum Gasteiger partial charge on any atom is 0.229 e. The minimum Gasteiger partial charge on any atom is -0.493 e. The van der Waals surface area contributed by atoms with Gasteiger partial charge in [0.15, 0.2) is 11.5 Å². The van der Waals surface area contributed by atoms with Gasteiger partial charge in [-0.3, -0.25) is 4.79 Å². The molecule has 2 aromatic carbocycles. The van der Waals surface area contributed by atoms with Crippen LogP contribution in [-0.2, 0) is 24.2 Å². The van der Waals surface area contributed by atoms with Gasteiger partial charge in [0.2, 0.25) is 17.7 Å². The maximum absolute atomic E-state index is 13.2. The Morgan fingerprint density at radius 2 is 1.74 bits per heavy atom. The lowest BCUT2D eigenvalue weighted by Gasteiger charge is -2.30. The number of ether oxygens (including phenoxy) is 2. The van der Waals surface area contributed by atoms with Crippen LogP contribution in [0.15, 0.2) is 48.5 Å². The van der Waals surface area contributed by atoms with Gasteiger partial charge in [0.1, 0.15) is 5.82 Å². The van der Waals surface area contributed by atoms with Crippen molar-refractivity contribution in [1.82, 2.24) is 14.9 Å². The van der Waals surface area contributed by atoms with Crippen LogP contribution in [-0.4, -0.2) is 47.5 Å². The third-order valence-corrected chi connectivity index (χ3v) is 6.30. The summed E-state index contributed by atoms with van der Waals surface area (Å²) in [7, 11) is 1.60. The van der Waals surface area contributed by atoms with Gasteiger partial charge in [-0.05, 0) is 42.7 Å². The van der Waals surface area contributed by atoms with Crippen molar-refractivity contribution in [1.29, 1.82) is 0 Å². The van der Waals surface area contributed by atoms with Crippen LogP contribution in [0.1, 0.15) is 29.7 Å². The highest BCUT2D eigenvalue weighted by molar-refractivity contribution is 5.79. The van der Waals surface area contributed by atoms with Gasteiger partial charge in [-0.25, -0.2) is 9.37 Å². The minimum absolute atomic E-state index is 0.0240. The molecule has 0 saturated carbocycles. The summed E-state index contributed by atoms with van der Waals surface area (Å²) in [5.74, 6) is 1.96. The largest absolute Gasteiger partial charge is 0.493 e. The van der Waals surface area contributed by atoms with Crippen molar-refractivity contribution in [2.45, 2.75) is 32.2 Å². The number of carbonyl (C=O) groups excluding carboxylic acids is 1. The van der Waals surface area contributed by atoms with E-state index >= 15 is 0 Å². The molecule has 1 aromatic heterocycles. The van der Waals surface area contributed by atoms with Crippen LogP contribution in [0.4, 0.5) is 10.3 Å². The number of para-hydroxylation sites is 2. The molecule has 7 nitrogen and oxygen atoms in total. The first kappa shape index (κ1) is 22.1. The number of nitrogens with zero attached hydrogens (tertiary/aromatic N) is 4. The zero-order chi connectivity index (χ0) is 23.5. The van der Waals surface area contributed by atoms with E-state index in [4.69, 9.17) is 19.4 Å². The van der Waals surface area contributed by atoms with E-state index in [0.29, 0.717) is 42.8 Å². The molecule has 3 aromatic rings. The van der Waals surface area contributed by atoms with Crippen molar-refractivity contribution in [2.24, 2.45) is 0 Å². The number of hydrogen-bond donors (Lipinski definition) is 0. The Hall–Kier alpha value is -3.68. The lowest BCUT2D eigenvalue weighted by Crippen LogP contribution is -2.38. The molecular formula is C26H27FN4O3. The molecule has 8 heteroatoms. The number of halogens is 1. The number of carbonyl (C=O) groups is 1. The molecule has 0 bridgehead atoms. The summed E-state index contributed by atoms with van der Waals surface area (Å²) < 4.78 is 25.0. The van der Waals surface area contributed by atoms with Gasteiger partial charge in [-0.15, -0.1) is 0 Å². The van der Waals surface area contributed by atoms with Gasteiger partial charge < -0.3 is 19.3 Å². The first-order chi connectivity index (χ1) is 16.6. The van der Waals surface area contributed by atoms with E-state index in [1.54, 1.807) is 24.1 Å². The molecule has 0 atom stereocenters. The monoisotopic (exact) mass is 462 g/mol. The first-order valence-corrected chi connectivity index (χ1v) is 11.6. The quantitative estimate of drug-likeness (QED) is 0.549. The van der Waals surface area contributed by atoms with Crippen LogP contribution in [0.5, 0.6) is 17.4 Å². The topological polar surface area (TPSA) is 67.8 Å². The molecule has 0 radical (unpaired) electrons. The highest BCUT2D eigenvalue weighted by Crippen LogP contribution is 2.36. The molecule has 2 aliphatic rings. The fourth-order valence-corrected chi connectivity index (χ4v) is 4.42. The third kappa shape index (κ3) is 4.66. The van der Waals surface area contributed by atoms with Crippen LogP contribution in [0.3, 0.4) is 0 Å². The predicted octanol–water partition coefficient (Wildman–Crippen LogP) is 4.14. The summed E-state index contributed by atoms with van der Waals surface area (Å²) in [6.45, 7) is 2.78. The molecule has 3 heterocycles. The lowest BCUT2D eigenvalue weighted by atomic mass is 10.0. The Balaban J connectivity index is 1.44. The molecule has 0 spiro atoms. The van der Waals surface area contributed by atoms with E-state index in [0.717, 1.165) is 42.8 Å². The summed E-state index contributed by atoms with van der Waals surface area (Å²) >= 11 is 0. The van der Waals surface area contributed by atoms with Gasteiger partial charge >= 0.3 is 0 Å². The van der Waals surface area contributed by atoms with E-state index in [2.05, 4.69) is 4.90 Å². The number of amides is 1. The highest BCUT2D eigenvalue weighted by atomic mass is 19.1. The van der Waals surface area contributed by atoms with E-state index in [9.17, 15) is 9.18 Å². The van der Waals surface area contributed by atoms with Crippen LogP contribution in [0.25, 0.3) is 0 Å². The summed E-state index contributed by atoms with van der Waals surface area (Å²) in [5, 5.41) is 0. The van der Waals surface area contributed by atoms with E-state index in [1.807, 2.05) is 24.3 Å². The molecule has 5 rings (SSSR count). The van der Waals surface area contributed by atoms with Crippen LogP contribution in [0.2, 0.25) is 0 Å². The minimum atomic E-state index is -0.313. The second-order valence-electron chi connectivity index (χ2n) is 8.57. The van der Waals surface area contributed by atoms with Crippen molar-refractivity contribution in [2.75, 3.05) is 31.6 Å². The standard InChI is InChI=1S/C26H27FN4O3/c1-33-22-6-2-3-7-23(22)34-25-20-17-31(24(32)16-18-8-10-19(27)11-9-18)15-12-21(20)28-26(29-25)30-13-4-5-14-30/h2-3,6-11H,4-5,12-17H2,1H3. The second kappa shape index (κ2) is 9.67. The Kier molecular flexibility index (Phi) is 6.29. The van der Waals surface area contributed by atoms with Gasteiger partial charge in [-0.1, -0.05) is 24.3 Å². The second-order valence-corrected chi connectivity index (χ2v) is 8.57. The van der Waals surface area contributed by atoms with E-state index < -0.39 is 0 Å². The summed E-state index contributed by atoms with van der Waals surface area (Å²) in [6.07, 6.45) is 3.07. The molecular weight excluding hydrogens is 435 g/mol. The number of anilines is 1. The van der Waals surface area contributed by atoms with Crippen molar-refractivity contribution in [3.8, 4) is 17.4 Å². The normalized spacial score (nSPS) is 15.2. The smallest absolute Gasteiger partial charge is 0.229 e. The van der Waals surface area contributed by atoms with Crippen LogP contribution < -0.4 is 14.4 Å². The molecule has 1 amide bonds. The lowest BCUT2D eigenvalue weighted by molar-refractivity contribution is -0.131. The number of methoxy groups -OCH3 is 1. The Labute approximate surface area is 198 Å². The third-order valence-electron chi connectivity index (χ3n) is 6.30. The number of fused-ring (bicyclic) bond motifs is 1. The number of aromatic nitrogens is 2. The molecule has 176 valence electrons. The van der Waals surface area contributed by atoms with Crippen LogP contribution >= 0.6 is 0 Å². The van der Waals surface area contributed by atoms with E-state index in [-0.39, 0.29) is 18.1 Å². The molecule has 0 N–H and O–H groups in total. The van der Waals surface area contributed by atoms with Gasteiger partial charge in [0.05, 0.1) is 31.3 Å². The summed E-state index contributed by atoms with van der Waals surface area (Å²) in [5.41, 5.74) is 2.50. The molecule has 1 saturated heterocycles. The van der Waals surface area contributed by atoms with Crippen molar-refractivity contribution in [3.63, 3.8) is 0 Å². The Morgan fingerprint density at radius 3 is 2.47 bits per heavy atom. The molecule has 34 heavy (non-hydrogen) atoms. The first-order valence-electron chi connectivity index (χ1n) is 11.6. The van der Waals surface area contributed by atoms with Gasteiger partial charge in [0.25, 0.3) is 0 Å². The zero-order valence-corrected chi connectivity index (χ0v) is 19.2. The predicted molar refractivity (Wildman–Crippen MR) is 126 cm³/mol. The summed E-state index contributed by atoms with van der Waals surface area (Å²) in [4.78, 5) is 26.6. The highest BCUT2D eigenvalue weighted by Gasteiger charge is 2.28. The zero-order valence-electron chi connectivity index (χ0n) is 19.2. The molecule has 0 aliphatic carbocycles. The van der Waals surface area contributed by atoms with Crippen molar-refractivity contribution >= 4 is 11.9 Å². The Bertz CT molecular complexity index is 1180. The van der Waals surface area contributed by atoms with Crippen LogP contribution in [0, 0.1) is 5.82 Å². The maximum atomic E-state index is 13.2. The number of benzene rings is 2. The molecule has 1 fully saturated rings. The number of rotatable bonds is 6. The summed E-state index contributed by atoms with van der Waals surface area (Å²) in [6, 6.07) is 13.5. The van der Waals surface area contributed by atoms with Gasteiger partial charge in [-0.2, -0.15) is 4.98 Å². The Morgan fingerprint density at radius 1 is 1.00 bits per heavy atom. The number of hydrogen-bond acceptors (Lipinski definition) is 6. The van der Waals surface area contributed by atoms with Crippen molar-refractivity contribution < 1.29 is 18.7 Å². The fraction of sp³-hybridized carbons (Fsp3) is 0.346. The average Bonchev–Trinajstić information content (AvgIpc) is 3.40. The fourth-order valence-electron chi connectivity index (χ4n) is 4.42.